The number of nitrogen functional groups attached to an aromatic ring is 1. The second kappa shape index (κ2) is 5.55. The Morgan fingerprint density at radius 1 is 1.38 bits per heavy atom. The van der Waals surface area contributed by atoms with Crippen LogP contribution in [0.25, 0.3) is 0 Å². The number of nitrogens with zero attached hydrogens (tertiary/aromatic N) is 1. The van der Waals surface area contributed by atoms with Crippen LogP contribution < -0.4 is 16.0 Å². The molecule has 0 aliphatic heterocycles. The molecule has 6 nitrogen and oxygen atoms in total. The van der Waals surface area contributed by atoms with Gasteiger partial charge in [0.1, 0.15) is 4.90 Å². The summed E-state index contributed by atoms with van der Waals surface area (Å²) >= 11 is 0. The number of anilines is 1. The second-order valence-corrected chi connectivity index (χ2v) is 7.95. The van der Waals surface area contributed by atoms with E-state index in [1.54, 1.807) is 6.07 Å². The molecule has 0 radical (unpaired) electrons. The van der Waals surface area contributed by atoms with Crippen LogP contribution in [-0.4, -0.2) is 19.4 Å². The number of hydrogen-bond donors (Lipinski definition) is 3. The van der Waals surface area contributed by atoms with Crippen LogP contribution in [0.2, 0.25) is 0 Å². The van der Waals surface area contributed by atoms with Gasteiger partial charge < -0.3 is 5.43 Å². The molecule has 4 unspecified atom stereocenters. The van der Waals surface area contributed by atoms with E-state index < -0.39 is 10.0 Å². The molecule has 116 valence electrons. The fraction of sp³-hybridized carbons (Fsp3) is 0.643. The van der Waals surface area contributed by atoms with Gasteiger partial charge in [-0.25, -0.2) is 13.1 Å². The summed E-state index contributed by atoms with van der Waals surface area (Å²) in [5, 5.41) is 0. The van der Waals surface area contributed by atoms with Crippen molar-refractivity contribution in [1.82, 2.24) is 9.71 Å². The maximum Gasteiger partial charge on any atom is 0.244 e. The molecule has 1 aromatic heterocycles. The number of sulfonamides is 1. The minimum Gasteiger partial charge on any atom is -0.323 e. The van der Waals surface area contributed by atoms with Crippen LogP contribution in [0.3, 0.4) is 0 Å². The molecule has 21 heavy (non-hydrogen) atoms. The lowest BCUT2D eigenvalue weighted by Gasteiger charge is -2.28. The first kappa shape index (κ1) is 14.7. The van der Waals surface area contributed by atoms with Gasteiger partial charge >= 0.3 is 0 Å². The van der Waals surface area contributed by atoms with E-state index in [-0.39, 0.29) is 10.9 Å². The van der Waals surface area contributed by atoms with Crippen molar-refractivity contribution in [3.8, 4) is 0 Å². The molecule has 2 aliphatic rings. The molecule has 4 N–H and O–H groups in total. The fourth-order valence-electron chi connectivity index (χ4n) is 4.02. The lowest BCUT2D eigenvalue weighted by atomic mass is 9.84. The third kappa shape index (κ3) is 2.77. The molecule has 0 saturated heterocycles. The second-order valence-electron chi connectivity index (χ2n) is 6.26. The normalized spacial score (nSPS) is 29.5. The van der Waals surface area contributed by atoms with E-state index in [9.17, 15) is 8.42 Å². The highest BCUT2D eigenvalue weighted by Crippen LogP contribution is 2.49. The Morgan fingerprint density at radius 3 is 2.81 bits per heavy atom. The topological polar surface area (TPSA) is 97.1 Å². The number of rotatable bonds is 5. The molecule has 0 amide bonds. The van der Waals surface area contributed by atoms with E-state index >= 15 is 0 Å². The minimum absolute atomic E-state index is 0.0591. The first-order chi connectivity index (χ1) is 10.0. The van der Waals surface area contributed by atoms with Gasteiger partial charge in [0, 0.05) is 18.4 Å². The van der Waals surface area contributed by atoms with Gasteiger partial charge in [-0.05, 0) is 50.0 Å². The van der Waals surface area contributed by atoms with Gasteiger partial charge in [0.25, 0.3) is 0 Å². The molecule has 0 spiro atoms. The summed E-state index contributed by atoms with van der Waals surface area (Å²) in [7, 11) is -3.61. The molecule has 2 saturated carbocycles. The van der Waals surface area contributed by atoms with Gasteiger partial charge in [0.05, 0.1) is 5.69 Å². The Morgan fingerprint density at radius 2 is 2.19 bits per heavy atom. The maximum atomic E-state index is 12.5. The monoisotopic (exact) mass is 310 g/mol. The van der Waals surface area contributed by atoms with Crippen molar-refractivity contribution in [2.75, 3.05) is 5.43 Å². The van der Waals surface area contributed by atoms with Gasteiger partial charge in [-0.3, -0.25) is 10.8 Å². The van der Waals surface area contributed by atoms with E-state index in [0.717, 1.165) is 12.3 Å². The van der Waals surface area contributed by atoms with Crippen LogP contribution in [0.15, 0.2) is 23.4 Å². The van der Waals surface area contributed by atoms with Crippen molar-refractivity contribution in [2.45, 2.75) is 43.5 Å². The van der Waals surface area contributed by atoms with Crippen molar-refractivity contribution in [3.05, 3.63) is 18.5 Å². The average Bonchev–Trinajstić information content (AvgIpc) is 3.09. The minimum atomic E-state index is -3.61. The number of nitrogens with two attached hydrogens (primary N) is 1. The highest BCUT2D eigenvalue weighted by Gasteiger charge is 2.42. The van der Waals surface area contributed by atoms with E-state index in [4.69, 9.17) is 5.84 Å². The summed E-state index contributed by atoms with van der Waals surface area (Å²) in [6, 6.07) is 1.49. The molecular formula is C14H22N4O2S. The lowest BCUT2D eigenvalue weighted by Crippen LogP contribution is -2.40. The van der Waals surface area contributed by atoms with Crippen LogP contribution in [-0.2, 0) is 10.0 Å². The maximum absolute atomic E-state index is 12.5. The zero-order valence-corrected chi connectivity index (χ0v) is 12.9. The van der Waals surface area contributed by atoms with E-state index in [1.165, 1.54) is 31.7 Å². The largest absolute Gasteiger partial charge is 0.323 e. The number of aromatic nitrogens is 1. The lowest BCUT2D eigenvalue weighted by molar-refractivity contribution is 0.280. The first-order valence-corrected chi connectivity index (χ1v) is 8.92. The summed E-state index contributed by atoms with van der Waals surface area (Å²) in [5.41, 5.74) is 2.77. The Balaban J connectivity index is 1.77. The molecular weight excluding hydrogens is 288 g/mol. The van der Waals surface area contributed by atoms with Crippen LogP contribution in [0.4, 0.5) is 5.69 Å². The van der Waals surface area contributed by atoms with Crippen molar-refractivity contribution < 1.29 is 8.42 Å². The molecule has 3 rings (SSSR count). The van der Waals surface area contributed by atoms with Gasteiger partial charge in [0.15, 0.2) is 0 Å². The number of hydrazine groups is 1. The van der Waals surface area contributed by atoms with E-state index in [2.05, 4.69) is 15.1 Å². The molecule has 1 aromatic rings. The van der Waals surface area contributed by atoms with Gasteiger partial charge in [-0.1, -0.05) is 6.42 Å². The standard InChI is InChI=1S/C14H22N4O2S/c1-9(12-7-10-2-3-11(12)6-10)18-21(19,20)14-8-16-5-4-13(14)17-15/h4-5,8-12,18H,2-3,6-7,15H2,1H3,(H,16,17). The van der Waals surface area contributed by atoms with Crippen LogP contribution in [0.5, 0.6) is 0 Å². The van der Waals surface area contributed by atoms with E-state index in [1.807, 2.05) is 6.92 Å². The highest BCUT2D eigenvalue weighted by atomic mass is 32.2. The number of pyridine rings is 1. The molecule has 2 bridgehead atoms. The summed E-state index contributed by atoms with van der Waals surface area (Å²) in [6.07, 6.45) is 7.79. The zero-order valence-electron chi connectivity index (χ0n) is 12.1. The number of nitrogens with one attached hydrogen (secondary N) is 2. The summed E-state index contributed by atoms with van der Waals surface area (Å²) in [4.78, 5) is 3.99. The first-order valence-electron chi connectivity index (χ1n) is 7.44. The number of fused-ring (bicyclic) bond motifs is 2. The predicted octanol–water partition coefficient (Wildman–Crippen LogP) is 1.47. The molecule has 2 aliphatic carbocycles. The fourth-order valence-corrected chi connectivity index (χ4v) is 5.42. The van der Waals surface area contributed by atoms with Crippen molar-refractivity contribution in [2.24, 2.45) is 23.6 Å². The third-order valence-corrected chi connectivity index (χ3v) is 6.59. The smallest absolute Gasteiger partial charge is 0.244 e. The van der Waals surface area contributed by atoms with E-state index in [0.29, 0.717) is 17.5 Å². The molecule has 2 fully saturated rings. The molecule has 7 heteroatoms. The van der Waals surface area contributed by atoms with Crippen LogP contribution >= 0.6 is 0 Å². The summed E-state index contributed by atoms with van der Waals surface area (Å²) < 4.78 is 27.9. The number of hydrogen-bond acceptors (Lipinski definition) is 5. The van der Waals surface area contributed by atoms with Crippen molar-refractivity contribution >= 4 is 15.7 Å². The Bertz CT molecular complexity index is 619. The molecule has 1 heterocycles. The Hall–Kier alpha value is -1.18. The van der Waals surface area contributed by atoms with Gasteiger partial charge in [0.2, 0.25) is 10.0 Å². The Labute approximate surface area is 125 Å². The summed E-state index contributed by atoms with van der Waals surface area (Å²) in [6.45, 7) is 1.97. The summed E-state index contributed by atoms with van der Waals surface area (Å²) in [5.74, 6) is 7.30. The average molecular weight is 310 g/mol. The highest BCUT2D eigenvalue weighted by molar-refractivity contribution is 7.89. The van der Waals surface area contributed by atoms with Gasteiger partial charge in [-0.15, -0.1) is 0 Å². The van der Waals surface area contributed by atoms with Crippen LogP contribution in [0.1, 0.15) is 32.6 Å². The quantitative estimate of drug-likeness (QED) is 0.565. The molecule has 0 aromatic carbocycles. The van der Waals surface area contributed by atoms with Gasteiger partial charge in [-0.2, -0.15) is 0 Å². The Kier molecular flexibility index (Phi) is 3.90. The molecule has 4 atom stereocenters. The van der Waals surface area contributed by atoms with Crippen molar-refractivity contribution in [3.63, 3.8) is 0 Å². The van der Waals surface area contributed by atoms with Crippen LogP contribution in [0, 0.1) is 17.8 Å². The zero-order chi connectivity index (χ0) is 15.0. The van der Waals surface area contributed by atoms with Crippen molar-refractivity contribution in [1.29, 1.82) is 0 Å². The predicted molar refractivity (Wildman–Crippen MR) is 80.8 cm³/mol. The SMILES string of the molecule is CC(NS(=O)(=O)c1cnccc1NN)C1CC2CCC1C2. The third-order valence-electron chi connectivity index (χ3n) is 5.01.